The fraction of sp³-hybridized carbons (Fsp3) is 0.280. The lowest BCUT2D eigenvalue weighted by molar-refractivity contribution is -0.141. The number of benzene rings is 1. The summed E-state index contributed by atoms with van der Waals surface area (Å²) in [6.07, 6.45) is -6.25. The average molecular weight is 550 g/mol. The van der Waals surface area contributed by atoms with Crippen LogP contribution in [0.15, 0.2) is 42.5 Å². The Morgan fingerprint density at radius 3 is 2.47 bits per heavy atom. The third-order valence-corrected chi connectivity index (χ3v) is 7.22. The zero-order chi connectivity index (χ0) is 27.2. The summed E-state index contributed by atoms with van der Waals surface area (Å²) in [4.78, 5) is 29.2. The number of halogens is 5. The topological polar surface area (TPSA) is 103 Å². The van der Waals surface area contributed by atoms with Crippen LogP contribution in [0.2, 0.25) is 0 Å². The molecule has 13 heteroatoms. The Balaban J connectivity index is 1.49. The third kappa shape index (κ3) is 5.10. The zero-order valence-electron chi connectivity index (χ0n) is 19.6. The number of hydrogen-bond donors (Lipinski definition) is 2. The highest BCUT2D eigenvalue weighted by molar-refractivity contribution is 7.21. The fourth-order valence-corrected chi connectivity index (χ4v) is 5.25. The first-order valence-electron chi connectivity index (χ1n) is 11.6. The number of carbonyl (C=O) groups is 2. The first kappa shape index (κ1) is 25.8. The van der Waals surface area contributed by atoms with Gasteiger partial charge in [0.05, 0.1) is 5.69 Å². The number of fused-ring (bicyclic) bond motifs is 1. The number of thiophene rings is 1. The van der Waals surface area contributed by atoms with Gasteiger partial charge < -0.3 is 11.1 Å². The summed E-state index contributed by atoms with van der Waals surface area (Å²) >= 11 is 0.773. The van der Waals surface area contributed by atoms with Gasteiger partial charge in [-0.25, -0.2) is 13.8 Å². The lowest BCUT2D eigenvalue weighted by atomic mass is 10.0. The Morgan fingerprint density at radius 2 is 1.87 bits per heavy atom. The molecule has 1 aromatic carbocycles. The molecule has 0 spiro atoms. The van der Waals surface area contributed by atoms with Gasteiger partial charge in [0.25, 0.3) is 12.3 Å². The minimum Gasteiger partial charge on any atom is -0.365 e. The van der Waals surface area contributed by atoms with Crippen LogP contribution in [0.5, 0.6) is 0 Å². The van der Waals surface area contributed by atoms with Crippen LogP contribution >= 0.6 is 11.3 Å². The van der Waals surface area contributed by atoms with Crippen molar-refractivity contribution in [1.29, 1.82) is 0 Å². The molecule has 1 saturated carbocycles. The maximum Gasteiger partial charge on any atom is 0.435 e. The molecule has 2 amide bonds. The van der Waals surface area contributed by atoms with E-state index in [-0.39, 0.29) is 39.7 Å². The number of rotatable bonds is 8. The molecule has 1 fully saturated rings. The molecule has 0 saturated heterocycles. The summed E-state index contributed by atoms with van der Waals surface area (Å²) in [7, 11) is 0. The summed E-state index contributed by atoms with van der Waals surface area (Å²) in [5.74, 6) is -1.54. The Bertz CT molecular complexity index is 1530. The van der Waals surface area contributed by atoms with Gasteiger partial charge >= 0.3 is 6.18 Å². The largest absolute Gasteiger partial charge is 0.435 e. The zero-order valence-corrected chi connectivity index (χ0v) is 20.4. The van der Waals surface area contributed by atoms with E-state index in [1.165, 1.54) is 10.7 Å². The van der Waals surface area contributed by atoms with E-state index in [1.807, 2.05) is 0 Å². The molecule has 3 N–H and O–H groups in total. The highest BCUT2D eigenvalue weighted by Gasteiger charge is 2.38. The predicted octanol–water partition coefficient (Wildman–Crippen LogP) is 6.12. The van der Waals surface area contributed by atoms with Crippen LogP contribution in [0, 0.1) is 0 Å². The lowest BCUT2D eigenvalue weighted by Gasteiger charge is -2.11. The van der Waals surface area contributed by atoms with Crippen molar-refractivity contribution in [3.05, 3.63) is 64.4 Å². The van der Waals surface area contributed by atoms with Gasteiger partial charge in [-0.2, -0.15) is 18.3 Å². The SMILES string of the molecule is NC(=O)c1sc2nc(C(F)F)cc(-c3ccccc3)c2c1NC(=O)CCn1nc(C(F)(F)F)cc1C1CC1. The van der Waals surface area contributed by atoms with Crippen LogP contribution in [-0.2, 0) is 17.5 Å². The smallest absolute Gasteiger partial charge is 0.365 e. The number of anilines is 1. The first-order valence-corrected chi connectivity index (χ1v) is 12.4. The molecule has 4 aromatic rings. The monoisotopic (exact) mass is 549 g/mol. The second-order valence-electron chi connectivity index (χ2n) is 8.86. The second-order valence-corrected chi connectivity index (χ2v) is 9.86. The number of pyridine rings is 1. The highest BCUT2D eigenvalue weighted by Crippen LogP contribution is 2.43. The standard InChI is InChI=1S/C25H20F5N5O2S/c26-22(27)15-10-14(12-4-2-1-3-5-12)19-20(21(23(31)37)38-24(19)32-15)33-18(36)8-9-35-16(13-6-7-13)11-17(34-35)25(28,29)30/h1-5,10-11,13,22H,6-9H2,(H2,31,37)(H,33,36). The number of alkyl halides is 5. The molecular weight excluding hydrogens is 529 g/mol. The third-order valence-electron chi connectivity index (χ3n) is 6.13. The maximum atomic E-state index is 13.6. The number of aromatic nitrogens is 3. The van der Waals surface area contributed by atoms with Crippen molar-refractivity contribution in [2.75, 3.05) is 5.32 Å². The van der Waals surface area contributed by atoms with Crippen molar-refractivity contribution in [1.82, 2.24) is 14.8 Å². The van der Waals surface area contributed by atoms with E-state index in [0.29, 0.717) is 16.8 Å². The molecule has 7 nitrogen and oxygen atoms in total. The van der Waals surface area contributed by atoms with Crippen LogP contribution in [0.4, 0.5) is 27.6 Å². The van der Waals surface area contributed by atoms with Gasteiger partial charge in [0.1, 0.15) is 15.4 Å². The molecule has 0 atom stereocenters. The van der Waals surface area contributed by atoms with Crippen LogP contribution in [-0.4, -0.2) is 26.6 Å². The number of nitrogens with zero attached hydrogens (tertiary/aromatic N) is 3. The molecule has 0 unspecified atom stereocenters. The Morgan fingerprint density at radius 1 is 1.16 bits per heavy atom. The van der Waals surface area contributed by atoms with Crippen molar-refractivity contribution in [3.8, 4) is 11.1 Å². The second kappa shape index (κ2) is 9.78. The van der Waals surface area contributed by atoms with Gasteiger partial charge in [0, 0.05) is 30.0 Å². The van der Waals surface area contributed by atoms with E-state index >= 15 is 0 Å². The van der Waals surface area contributed by atoms with Gasteiger partial charge in [-0.3, -0.25) is 14.3 Å². The average Bonchev–Trinajstić information content (AvgIpc) is 3.51. The van der Waals surface area contributed by atoms with E-state index in [9.17, 15) is 31.5 Å². The Labute approximate surface area is 216 Å². The summed E-state index contributed by atoms with van der Waals surface area (Å²) in [6, 6.07) is 10.7. The molecule has 38 heavy (non-hydrogen) atoms. The molecule has 5 rings (SSSR count). The fourth-order valence-electron chi connectivity index (χ4n) is 4.23. The quantitative estimate of drug-likeness (QED) is 0.259. The predicted molar refractivity (Wildman–Crippen MR) is 131 cm³/mol. The van der Waals surface area contributed by atoms with Gasteiger partial charge in [-0.05, 0) is 36.1 Å². The number of aryl methyl sites for hydroxylation is 1. The number of carbonyl (C=O) groups excluding carboxylic acids is 2. The van der Waals surface area contributed by atoms with E-state index in [1.54, 1.807) is 30.3 Å². The van der Waals surface area contributed by atoms with Gasteiger partial charge in [0.15, 0.2) is 5.69 Å². The molecular formula is C25H20F5N5O2S. The molecule has 0 radical (unpaired) electrons. The first-order chi connectivity index (χ1) is 18.0. The van der Waals surface area contributed by atoms with Crippen LogP contribution in [0.3, 0.4) is 0 Å². The summed E-state index contributed by atoms with van der Waals surface area (Å²) in [5.41, 5.74) is 5.32. The molecule has 198 valence electrons. The molecule has 1 aliphatic carbocycles. The minimum absolute atomic E-state index is 0.0218. The van der Waals surface area contributed by atoms with Crippen molar-refractivity contribution >= 4 is 39.1 Å². The van der Waals surface area contributed by atoms with Crippen LogP contribution in [0.25, 0.3) is 21.3 Å². The summed E-state index contributed by atoms with van der Waals surface area (Å²) < 4.78 is 68.0. The van der Waals surface area contributed by atoms with Gasteiger partial charge in [-0.1, -0.05) is 30.3 Å². The highest BCUT2D eigenvalue weighted by atomic mass is 32.1. The number of nitrogens with one attached hydrogen (secondary N) is 1. The molecule has 0 aliphatic heterocycles. The van der Waals surface area contributed by atoms with Crippen LogP contribution < -0.4 is 11.1 Å². The van der Waals surface area contributed by atoms with Crippen molar-refractivity contribution in [2.45, 2.75) is 44.3 Å². The van der Waals surface area contributed by atoms with Crippen molar-refractivity contribution in [2.24, 2.45) is 5.73 Å². The van der Waals surface area contributed by atoms with Crippen LogP contribution in [0.1, 0.15) is 58.4 Å². The number of amides is 2. The number of nitrogens with two attached hydrogens (primary N) is 1. The van der Waals surface area contributed by atoms with E-state index in [0.717, 1.165) is 30.2 Å². The van der Waals surface area contributed by atoms with Crippen molar-refractivity contribution in [3.63, 3.8) is 0 Å². The number of hydrogen-bond acceptors (Lipinski definition) is 5. The van der Waals surface area contributed by atoms with E-state index in [2.05, 4.69) is 15.4 Å². The Kier molecular flexibility index (Phi) is 6.63. The van der Waals surface area contributed by atoms with Gasteiger partial charge in [0.2, 0.25) is 5.91 Å². The van der Waals surface area contributed by atoms with Crippen molar-refractivity contribution < 1.29 is 31.5 Å². The molecule has 0 bridgehead atoms. The Hall–Kier alpha value is -3.87. The summed E-state index contributed by atoms with van der Waals surface area (Å²) in [6.45, 7) is -0.124. The van der Waals surface area contributed by atoms with E-state index < -0.39 is 35.8 Å². The molecule has 1 aliphatic rings. The lowest BCUT2D eigenvalue weighted by Crippen LogP contribution is -2.19. The minimum atomic E-state index is -4.61. The normalized spacial score (nSPS) is 13.8. The summed E-state index contributed by atoms with van der Waals surface area (Å²) in [5, 5.41) is 6.54. The maximum absolute atomic E-state index is 13.6. The molecule has 3 heterocycles. The number of primary amides is 1. The van der Waals surface area contributed by atoms with E-state index in [4.69, 9.17) is 5.73 Å². The van der Waals surface area contributed by atoms with Gasteiger partial charge in [-0.15, -0.1) is 11.3 Å². The molecule has 3 aromatic heterocycles.